The van der Waals surface area contributed by atoms with E-state index in [4.69, 9.17) is 9.84 Å². The molecule has 0 fully saturated rings. The van der Waals surface area contributed by atoms with Gasteiger partial charge in [0.25, 0.3) is 0 Å². The number of ether oxygens (including phenoxy) is 1. The quantitative estimate of drug-likeness (QED) is 0.620. The van der Waals surface area contributed by atoms with Crippen LogP contribution >= 0.6 is 11.3 Å². The Hall–Kier alpha value is -2.86. The Balaban J connectivity index is 1.64. The van der Waals surface area contributed by atoms with Crippen molar-refractivity contribution in [1.29, 1.82) is 0 Å². The van der Waals surface area contributed by atoms with Gasteiger partial charge in [-0.1, -0.05) is 41.7 Å². The Bertz CT molecular complexity index is 1000. The highest BCUT2D eigenvalue weighted by molar-refractivity contribution is 7.23. The molecule has 0 saturated carbocycles. The van der Waals surface area contributed by atoms with E-state index in [1.807, 2.05) is 48.5 Å². The molecule has 0 radical (unpaired) electrons. The zero-order chi connectivity index (χ0) is 15.8. The summed E-state index contributed by atoms with van der Waals surface area (Å²) in [5, 5.41) is 9.01. The van der Waals surface area contributed by atoms with Crippen LogP contribution in [0.15, 0.2) is 54.7 Å². The topological polar surface area (TPSA) is 63.8 Å². The molecule has 0 bridgehead atoms. The molecule has 0 aliphatic heterocycles. The zero-order valence-corrected chi connectivity index (χ0v) is 12.8. The van der Waals surface area contributed by atoms with E-state index < -0.39 is 5.97 Å². The number of imidazole rings is 1. The Kier molecular flexibility index (Phi) is 3.24. The van der Waals surface area contributed by atoms with E-state index in [2.05, 4.69) is 4.98 Å². The van der Waals surface area contributed by atoms with Crippen LogP contribution in [0.5, 0.6) is 5.75 Å². The summed E-state index contributed by atoms with van der Waals surface area (Å²) in [5.41, 5.74) is 2.10. The van der Waals surface area contributed by atoms with Gasteiger partial charge in [0.15, 0.2) is 10.7 Å². The summed E-state index contributed by atoms with van der Waals surface area (Å²) in [6, 6.07) is 15.7. The standard InChI is InChI=1S/C17H12N2O3S/c20-16(21)13-9-19-14-7-6-12(8-15(14)23-17(19)18-13)22-10-11-4-2-1-3-5-11/h1-9H,10H2,(H,20,21). The third-order valence-corrected chi connectivity index (χ3v) is 4.55. The summed E-state index contributed by atoms with van der Waals surface area (Å²) < 4.78 is 8.62. The van der Waals surface area contributed by atoms with E-state index in [-0.39, 0.29) is 5.69 Å². The van der Waals surface area contributed by atoms with Crippen LogP contribution in [0.4, 0.5) is 0 Å². The number of fused-ring (bicyclic) bond motifs is 3. The number of hydrogen-bond donors (Lipinski definition) is 1. The predicted octanol–water partition coefficient (Wildman–Crippen LogP) is 3.83. The van der Waals surface area contributed by atoms with Crippen molar-refractivity contribution in [1.82, 2.24) is 9.38 Å². The monoisotopic (exact) mass is 324 g/mol. The molecule has 0 aliphatic carbocycles. The molecule has 6 heteroatoms. The van der Waals surface area contributed by atoms with Gasteiger partial charge < -0.3 is 9.84 Å². The molecule has 1 N–H and O–H groups in total. The largest absolute Gasteiger partial charge is 0.489 e. The van der Waals surface area contributed by atoms with Crippen LogP contribution in [-0.2, 0) is 6.61 Å². The molecular weight excluding hydrogens is 312 g/mol. The Morgan fingerprint density at radius 3 is 2.83 bits per heavy atom. The maximum atomic E-state index is 11.0. The number of thiazole rings is 1. The summed E-state index contributed by atoms with van der Waals surface area (Å²) in [5.74, 6) is -0.235. The molecule has 23 heavy (non-hydrogen) atoms. The van der Waals surface area contributed by atoms with Crippen LogP contribution in [0.25, 0.3) is 15.2 Å². The number of carbonyl (C=O) groups is 1. The fourth-order valence-electron chi connectivity index (χ4n) is 2.42. The Morgan fingerprint density at radius 2 is 2.04 bits per heavy atom. The first kappa shape index (κ1) is 13.8. The predicted molar refractivity (Wildman–Crippen MR) is 88.3 cm³/mol. The van der Waals surface area contributed by atoms with Gasteiger partial charge in [-0.15, -0.1) is 0 Å². The minimum absolute atomic E-state index is 0.0579. The Morgan fingerprint density at radius 1 is 1.22 bits per heavy atom. The summed E-state index contributed by atoms with van der Waals surface area (Å²) >= 11 is 1.44. The third kappa shape index (κ3) is 2.53. The van der Waals surface area contributed by atoms with E-state index >= 15 is 0 Å². The number of aromatic carboxylic acids is 1. The van der Waals surface area contributed by atoms with E-state index in [1.165, 1.54) is 11.3 Å². The van der Waals surface area contributed by atoms with Crippen LogP contribution in [0.1, 0.15) is 16.1 Å². The zero-order valence-electron chi connectivity index (χ0n) is 12.0. The lowest BCUT2D eigenvalue weighted by Gasteiger charge is -2.06. The van der Waals surface area contributed by atoms with Crippen molar-refractivity contribution in [2.24, 2.45) is 0 Å². The van der Waals surface area contributed by atoms with Gasteiger partial charge in [0.05, 0.1) is 10.2 Å². The maximum absolute atomic E-state index is 11.0. The fourth-order valence-corrected chi connectivity index (χ4v) is 3.45. The molecule has 2 aromatic heterocycles. The van der Waals surface area contributed by atoms with E-state index in [9.17, 15) is 4.79 Å². The first-order chi connectivity index (χ1) is 11.2. The van der Waals surface area contributed by atoms with Gasteiger partial charge in [-0.25, -0.2) is 9.78 Å². The number of nitrogens with zero attached hydrogens (tertiary/aromatic N) is 2. The van der Waals surface area contributed by atoms with Crippen molar-refractivity contribution < 1.29 is 14.6 Å². The van der Waals surface area contributed by atoms with E-state index in [0.29, 0.717) is 11.6 Å². The van der Waals surface area contributed by atoms with Crippen LogP contribution in [-0.4, -0.2) is 20.5 Å². The molecular formula is C17H12N2O3S. The highest BCUT2D eigenvalue weighted by Crippen LogP contribution is 2.30. The molecule has 0 spiro atoms. The second-order valence-corrected chi connectivity index (χ2v) is 6.10. The maximum Gasteiger partial charge on any atom is 0.356 e. The molecule has 0 atom stereocenters. The molecule has 0 unspecified atom stereocenters. The van der Waals surface area contributed by atoms with Crippen LogP contribution < -0.4 is 4.74 Å². The van der Waals surface area contributed by atoms with Gasteiger partial charge in [-0.05, 0) is 23.8 Å². The average Bonchev–Trinajstić information content (AvgIpc) is 3.11. The van der Waals surface area contributed by atoms with Crippen LogP contribution in [0, 0.1) is 0 Å². The first-order valence-electron chi connectivity index (χ1n) is 7.02. The number of carboxylic acids is 1. The summed E-state index contributed by atoms with van der Waals surface area (Å²) in [6.07, 6.45) is 1.54. The minimum Gasteiger partial charge on any atom is -0.489 e. The van der Waals surface area contributed by atoms with Crippen molar-refractivity contribution in [3.05, 3.63) is 66.0 Å². The van der Waals surface area contributed by atoms with Gasteiger partial charge >= 0.3 is 5.97 Å². The van der Waals surface area contributed by atoms with Crippen molar-refractivity contribution in [2.75, 3.05) is 0 Å². The number of hydrogen-bond acceptors (Lipinski definition) is 4. The highest BCUT2D eigenvalue weighted by atomic mass is 32.1. The fraction of sp³-hybridized carbons (Fsp3) is 0.0588. The van der Waals surface area contributed by atoms with Crippen LogP contribution in [0.2, 0.25) is 0 Å². The van der Waals surface area contributed by atoms with Crippen molar-refractivity contribution in [3.8, 4) is 5.75 Å². The SMILES string of the molecule is O=C(O)c1cn2c(n1)sc1cc(OCc3ccccc3)ccc12. The van der Waals surface area contributed by atoms with E-state index in [0.717, 1.165) is 21.5 Å². The summed E-state index contributed by atoms with van der Waals surface area (Å²) in [4.78, 5) is 15.8. The minimum atomic E-state index is -1.02. The number of carboxylic acid groups (broad SMARTS) is 1. The molecule has 4 aromatic rings. The molecule has 114 valence electrons. The lowest BCUT2D eigenvalue weighted by atomic mass is 10.2. The van der Waals surface area contributed by atoms with Gasteiger partial charge in [-0.2, -0.15) is 0 Å². The number of rotatable bonds is 4. The molecule has 0 amide bonds. The van der Waals surface area contributed by atoms with E-state index in [1.54, 1.807) is 10.6 Å². The molecule has 0 saturated heterocycles. The molecule has 0 aliphatic rings. The van der Waals surface area contributed by atoms with Crippen molar-refractivity contribution >= 4 is 32.5 Å². The van der Waals surface area contributed by atoms with Gasteiger partial charge in [0, 0.05) is 6.20 Å². The molecule has 4 rings (SSSR count). The first-order valence-corrected chi connectivity index (χ1v) is 7.84. The van der Waals surface area contributed by atoms with Crippen LogP contribution in [0.3, 0.4) is 0 Å². The lowest BCUT2D eigenvalue weighted by Crippen LogP contribution is -1.95. The Labute approximate surface area is 135 Å². The average molecular weight is 324 g/mol. The second kappa shape index (κ2) is 5.40. The third-order valence-electron chi connectivity index (χ3n) is 3.53. The van der Waals surface area contributed by atoms with Crippen molar-refractivity contribution in [2.45, 2.75) is 6.61 Å². The molecule has 5 nitrogen and oxygen atoms in total. The lowest BCUT2D eigenvalue weighted by molar-refractivity contribution is 0.0691. The number of benzene rings is 2. The summed E-state index contributed by atoms with van der Waals surface area (Å²) in [7, 11) is 0. The summed E-state index contributed by atoms with van der Waals surface area (Å²) in [6.45, 7) is 0.512. The van der Waals surface area contributed by atoms with Gasteiger partial charge in [0.1, 0.15) is 12.4 Å². The van der Waals surface area contributed by atoms with Gasteiger partial charge in [-0.3, -0.25) is 4.40 Å². The highest BCUT2D eigenvalue weighted by Gasteiger charge is 2.13. The van der Waals surface area contributed by atoms with Gasteiger partial charge in [0.2, 0.25) is 0 Å². The van der Waals surface area contributed by atoms with Crippen molar-refractivity contribution in [3.63, 3.8) is 0 Å². The smallest absolute Gasteiger partial charge is 0.356 e. The molecule has 2 aromatic carbocycles. The molecule has 2 heterocycles. The number of aromatic nitrogens is 2. The second-order valence-electron chi connectivity index (χ2n) is 5.09. The normalized spacial score (nSPS) is 11.1.